The Morgan fingerprint density at radius 1 is 1.04 bits per heavy atom. The summed E-state index contributed by atoms with van der Waals surface area (Å²) in [6.07, 6.45) is 7.55. The van der Waals surface area contributed by atoms with E-state index in [0.29, 0.717) is 5.56 Å². The number of hydrogen-bond acceptors (Lipinski definition) is 2. The van der Waals surface area contributed by atoms with Gasteiger partial charge in [-0.25, -0.2) is 8.78 Å². The van der Waals surface area contributed by atoms with Crippen LogP contribution in [0, 0.1) is 23.5 Å². The summed E-state index contributed by atoms with van der Waals surface area (Å²) in [5, 5.41) is 0. The Hall–Kier alpha value is -1.16. The summed E-state index contributed by atoms with van der Waals surface area (Å²) >= 11 is 0. The van der Waals surface area contributed by atoms with Crippen LogP contribution in [0.5, 0.6) is 5.75 Å². The number of methoxy groups -OCH3 is 1. The van der Waals surface area contributed by atoms with E-state index in [1.165, 1.54) is 38.9 Å². The number of nitrogens with zero attached hydrogens (tertiary/aromatic N) is 1. The summed E-state index contributed by atoms with van der Waals surface area (Å²) in [6, 6.07) is 3.13. The van der Waals surface area contributed by atoms with Crippen molar-refractivity contribution in [1.82, 2.24) is 4.90 Å². The summed E-state index contributed by atoms with van der Waals surface area (Å²) in [4.78, 5) is 2.64. The molecule has 3 atom stereocenters. The zero-order valence-electron chi connectivity index (χ0n) is 13.7. The lowest BCUT2D eigenvalue weighted by Gasteiger charge is -2.40. The van der Waals surface area contributed by atoms with Crippen LogP contribution in [0.2, 0.25) is 0 Å². The largest absolute Gasteiger partial charge is 0.493 e. The van der Waals surface area contributed by atoms with Crippen LogP contribution >= 0.6 is 0 Å². The van der Waals surface area contributed by atoms with Gasteiger partial charge in [-0.1, -0.05) is 6.42 Å². The molecule has 1 aliphatic heterocycles. The number of benzene rings is 1. The van der Waals surface area contributed by atoms with Crippen molar-refractivity contribution in [1.29, 1.82) is 0 Å². The minimum Gasteiger partial charge on any atom is -0.493 e. The van der Waals surface area contributed by atoms with E-state index in [1.54, 1.807) is 0 Å². The minimum absolute atomic E-state index is 0.199. The lowest BCUT2D eigenvalue weighted by molar-refractivity contribution is 0.110. The average Bonchev–Trinajstić information content (AvgIpc) is 3.17. The van der Waals surface area contributed by atoms with Gasteiger partial charge in [-0.05, 0) is 69.0 Å². The van der Waals surface area contributed by atoms with Gasteiger partial charge in [0.2, 0.25) is 0 Å². The number of fused-ring (bicyclic) bond motifs is 2. The average molecular weight is 321 g/mol. The van der Waals surface area contributed by atoms with Crippen LogP contribution in [-0.4, -0.2) is 31.1 Å². The zero-order chi connectivity index (χ0) is 16.0. The SMILES string of the molecule is COc1c(F)cc(F)cc1C1CCN([C@@H]2C[C@H]3CCC2C3)CC1. The third kappa shape index (κ3) is 2.75. The van der Waals surface area contributed by atoms with Crippen LogP contribution in [0.4, 0.5) is 8.78 Å². The first-order chi connectivity index (χ1) is 11.2. The van der Waals surface area contributed by atoms with Crippen molar-refractivity contribution in [3.8, 4) is 5.75 Å². The first-order valence-corrected chi connectivity index (χ1v) is 8.92. The van der Waals surface area contributed by atoms with Crippen LogP contribution < -0.4 is 4.74 Å². The van der Waals surface area contributed by atoms with Crippen LogP contribution in [-0.2, 0) is 0 Å². The molecule has 1 aromatic rings. The van der Waals surface area contributed by atoms with Crippen LogP contribution in [0.15, 0.2) is 12.1 Å². The van der Waals surface area contributed by atoms with Crippen molar-refractivity contribution in [3.05, 3.63) is 29.3 Å². The van der Waals surface area contributed by atoms with Gasteiger partial charge in [0.15, 0.2) is 11.6 Å². The summed E-state index contributed by atoms with van der Waals surface area (Å²) < 4.78 is 32.7. The fourth-order valence-electron chi connectivity index (χ4n) is 5.30. The van der Waals surface area contributed by atoms with Crippen molar-refractivity contribution in [2.45, 2.75) is 50.5 Å². The molecule has 0 amide bonds. The molecule has 2 aliphatic carbocycles. The third-order valence-electron chi connectivity index (χ3n) is 6.38. The van der Waals surface area contributed by atoms with Gasteiger partial charge in [0.25, 0.3) is 0 Å². The molecule has 4 rings (SSSR count). The van der Waals surface area contributed by atoms with Crippen LogP contribution in [0.25, 0.3) is 0 Å². The number of ether oxygens (including phenoxy) is 1. The predicted molar refractivity (Wildman–Crippen MR) is 85.7 cm³/mol. The number of piperidine rings is 1. The predicted octanol–water partition coefficient (Wildman–Crippen LogP) is 4.34. The molecule has 1 aromatic carbocycles. The van der Waals surface area contributed by atoms with Gasteiger partial charge in [-0.15, -0.1) is 0 Å². The lowest BCUT2D eigenvalue weighted by Crippen LogP contribution is -2.43. The summed E-state index contributed by atoms with van der Waals surface area (Å²) in [6.45, 7) is 2.08. The lowest BCUT2D eigenvalue weighted by atomic mass is 9.86. The Morgan fingerprint density at radius 3 is 2.43 bits per heavy atom. The Morgan fingerprint density at radius 2 is 1.83 bits per heavy atom. The quantitative estimate of drug-likeness (QED) is 0.821. The first-order valence-electron chi connectivity index (χ1n) is 8.92. The molecular weight excluding hydrogens is 296 g/mol. The molecule has 3 aliphatic rings. The van der Waals surface area contributed by atoms with E-state index >= 15 is 0 Å². The van der Waals surface area contributed by atoms with E-state index in [9.17, 15) is 8.78 Å². The normalized spacial score (nSPS) is 31.7. The van der Waals surface area contributed by atoms with E-state index in [2.05, 4.69) is 4.90 Å². The van der Waals surface area contributed by atoms with E-state index in [4.69, 9.17) is 4.74 Å². The van der Waals surface area contributed by atoms with Gasteiger partial charge in [-0.2, -0.15) is 0 Å². The fraction of sp³-hybridized carbons (Fsp3) is 0.684. The second-order valence-corrected chi connectivity index (χ2v) is 7.56. The topological polar surface area (TPSA) is 12.5 Å². The van der Waals surface area contributed by atoms with Gasteiger partial charge < -0.3 is 9.64 Å². The van der Waals surface area contributed by atoms with Crippen molar-refractivity contribution >= 4 is 0 Å². The molecule has 126 valence electrons. The number of halogens is 2. The Balaban J connectivity index is 1.46. The molecule has 3 fully saturated rings. The van der Waals surface area contributed by atoms with Crippen molar-refractivity contribution in [2.24, 2.45) is 11.8 Å². The maximum absolute atomic E-state index is 13.9. The summed E-state index contributed by atoms with van der Waals surface area (Å²) in [5.41, 5.74) is 0.706. The first kappa shape index (κ1) is 15.4. The van der Waals surface area contributed by atoms with Gasteiger partial charge >= 0.3 is 0 Å². The molecule has 1 unspecified atom stereocenters. The monoisotopic (exact) mass is 321 g/mol. The molecule has 2 bridgehead atoms. The standard InChI is InChI=1S/C19H25F2NO/c1-23-19-16(10-15(20)11-17(19)21)13-4-6-22(7-5-13)18-9-12-2-3-14(18)8-12/h10-14,18H,2-9H2,1H3/t12-,14?,18+/m0/s1. The molecule has 0 N–H and O–H groups in total. The molecule has 1 heterocycles. The Bertz CT molecular complexity index is 583. The summed E-state index contributed by atoms with van der Waals surface area (Å²) in [7, 11) is 1.46. The van der Waals surface area contributed by atoms with Crippen molar-refractivity contribution in [2.75, 3.05) is 20.2 Å². The van der Waals surface area contributed by atoms with Crippen LogP contribution in [0.1, 0.15) is 50.0 Å². The fourth-order valence-corrected chi connectivity index (χ4v) is 5.30. The Labute approximate surface area is 136 Å². The highest BCUT2D eigenvalue weighted by Crippen LogP contribution is 2.48. The molecule has 0 aromatic heterocycles. The van der Waals surface area contributed by atoms with Crippen molar-refractivity contribution < 1.29 is 13.5 Å². The van der Waals surface area contributed by atoms with Gasteiger partial charge in [0.05, 0.1) is 7.11 Å². The van der Waals surface area contributed by atoms with E-state index in [0.717, 1.165) is 49.9 Å². The molecule has 2 nitrogen and oxygen atoms in total. The second-order valence-electron chi connectivity index (χ2n) is 7.56. The van der Waals surface area contributed by atoms with Gasteiger partial charge in [0, 0.05) is 17.7 Å². The van der Waals surface area contributed by atoms with E-state index < -0.39 is 11.6 Å². The minimum atomic E-state index is -0.585. The van der Waals surface area contributed by atoms with Gasteiger partial charge in [-0.3, -0.25) is 0 Å². The molecule has 0 spiro atoms. The maximum atomic E-state index is 13.9. The Kier molecular flexibility index (Phi) is 4.04. The number of hydrogen-bond donors (Lipinski definition) is 0. The highest BCUT2D eigenvalue weighted by molar-refractivity contribution is 5.38. The molecule has 1 saturated heterocycles. The summed E-state index contributed by atoms with van der Waals surface area (Å²) in [5.74, 6) is 1.19. The molecule has 4 heteroatoms. The van der Waals surface area contributed by atoms with Crippen molar-refractivity contribution in [3.63, 3.8) is 0 Å². The van der Waals surface area contributed by atoms with Crippen LogP contribution in [0.3, 0.4) is 0 Å². The third-order valence-corrected chi connectivity index (χ3v) is 6.38. The second kappa shape index (κ2) is 6.04. The highest BCUT2D eigenvalue weighted by atomic mass is 19.1. The molecule has 2 saturated carbocycles. The number of likely N-dealkylation sites (tertiary alicyclic amines) is 1. The molecule has 23 heavy (non-hydrogen) atoms. The van der Waals surface area contributed by atoms with E-state index in [-0.39, 0.29) is 11.7 Å². The molecule has 0 radical (unpaired) electrons. The zero-order valence-corrected chi connectivity index (χ0v) is 13.7. The smallest absolute Gasteiger partial charge is 0.168 e. The maximum Gasteiger partial charge on any atom is 0.168 e. The van der Waals surface area contributed by atoms with E-state index in [1.807, 2.05) is 0 Å². The molecular formula is C19H25F2NO. The highest BCUT2D eigenvalue weighted by Gasteiger charge is 2.43. The van der Waals surface area contributed by atoms with Gasteiger partial charge in [0.1, 0.15) is 5.82 Å². The number of rotatable bonds is 3.